The number of nitrogens with zero attached hydrogens (tertiary/aromatic N) is 3. The molecule has 2 aromatic carbocycles. The van der Waals surface area contributed by atoms with Gasteiger partial charge in [0.25, 0.3) is 10.0 Å². The second kappa shape index (κ2) is 9.33. The van der Waals surface area contributed by atoms with Crippen LogP contribution in [0.4, 0.5) is 0 Å². The lowest BCUT2D eigenvalue weighted by molar-refractivity contribution is -0.143. The van der Waals surface area contributed by atoms with Crippen molar-refractivity contribution in [2.24, 2.45) is 5.16 Å². The van der Waals surface area contributed by atoms with E-state index in [1.165, 1.54) is 43.4 Å². The summed E-state index contributed by atoms with van der Waals surface area (Å²) in [5.41, 5.74) is 0.653. The van der Waals surface area contributed by atoms with E-state index in [0.717, 1.165) is 20.1 Å². The highest BCUT2D eigenvalue weighted by atomic mass is 32.2. The van der Waals surface area contributed by atoms with E-state index < -0.39 is 32.6 Å². The molecular formula is C21H23N3O7S2. The smallest absolute Gasteiger partial charge is 0.321 e. The van der Waals surface area contributed by atoms with Crippen molar-refractivity contribution in [3.05, 3.63) is 59.8 Å². The summed E-state index contributed by atoms with van der Waals surface area (Å²) in [6.07, 6.45) is 0.907. The quantitative estimate of drug-likeness (QED) is 0.220. The molecule has 1 aromatic heterocycles. The number of rotatable bonds is 8. The van der Waals surface area contributed by atoms with Gasteiger partial charge in [0.1, 0.15) is 11.4 Å². The second-order valence-electron chi connectivity index (χ2n) is 7.16. The molecular weight excluding hydrogens is 470 g/mol. The van der Waals surface area contributed by atoms with Crippen molar-refractivity contribution in [1.29, 1.82) is 0 Å². The van der Waals surface area contributed by atoms with Gasteiger partial charge in [-0.1, -0.05) is 35.0 Å². The lowest BCUT2D eigenvalue weighted by Crippen LogP contribution is -2.33. The minimum absolute atomic E-state index is 0.0521. The Kier molecular flexibility index (Phi) is 6.91. The lowest BCUT2D eigenvalue weighted by Gasteiger charge is -2.18. The van der Waals surface area contributed by atoms with Crippen molar-refractivity contribution in [3.63, 3.8) is 0 Å². The van der Waals surface area contributed by atoms with Gasteiger partial charge in [0.2, 0.25) is 10.0 Å². The molecule has 0 bridgehead atoms. The molecule has 33 heavy (non-hydrogen) atoms. The Labute approximate surface area is 191 Å². The topological polar surface area (TPSA) is 135 Å². The van der Waals surface area contributed by atoms with Gasteiger partial charge in [0.05, 0.1) is 28.9 Å². The summed E-state index contributed by atoms with van der Waals surface area (Å²) >= 11 is 0. The number of esters is 1. The van der Waals surface area contributed by atoms with E-state index in [9.17, 15) is 21.6 Å². The number of aromatic nitrogens is 1. The highest BCUT2D eigenvalue weighted by Crippen LogP contribution is 2.31. The van der Waals surface area contributed by atoms with Crippen LogP contribution in [0, 0.1) is 6.92 Å². The average molecular weight is 494 g/mol. The molecule has 0 spiro atoms. The first-order chi connectivity index (χ1) is 15.5. The summed E-state index contributed by atoms with van der Waals surface area (Å²) in [4.78, 5) is 11.4. The van der Waals surface area contributed by atoms with Crippen LogP contribution < -0.4 is 0 Å². The van der Waals surface area contributed by atoms with Crippen LogP contribution in [0.5, 0.6) is 0 Å². The molecule has 0 aliphatic rings. The van der Waals surface area contributed by atoms with Gasteiger partial charge in [0.15, 0.2) is 0 Å². The summed E-state index contributed by atoms with van der Waals surface area (Å²) in [6, 6.07) is 11.7. The zero-order chi connectivity index (χ0) is 24.4. The molecule has 0 amide bonds. The van der Waals surface area contributed by atoms with Gasteiger partial charge in [-0.3, -0.25) is 4.79 Å². The van der Waals surface area contributed by atoms with Crippen molar-refractivity contribution in [2.75, 3.05) is 20.2 Å². The lowest BCUT2D eigenvalue weighted by atomic mass is 10.2. The van der Waals surface area contributed by atoms with Crippen LogP contribution in [0.2, 0.25) is 0 Å². The van der Waals surface area contributed by atoms with E-state index in [4.69, 9.17) is 9.94 Å². The van der Waals surface area contributed by atoms with Crippen LogP contribution >= 0.6 is 0 Å². The second-order valence-corrected chi connectivity index (χ2v) is 11.0. The normalized spacial score (nSPS) is 12.6. The van der Waals surface area contributed by atoms with Gasteiger partial charge < -0.3 is 9.94 Å². The highest BCUT2D eigenvalue weighted by Gasteiger charge is 2.31. The molecule has 3 rings (SSSR count). The van der Waals surface area contributed by atoms with Crippen LogP contribution in [0.1, 0.15) is 18.2 Å². The third-order valence-corrected chi connectivity index (χ3v) is 8.44. The molecule has 1 N–H and O–H groups in total. The van der Waals surface area contributed by atoms with E-state index in [1.54, 1.807) is 26.0 Å². The number of fused-ring (bicyclic) bond motifs is 1. The fourth-order valence-corrected chi connectivity index (χ4v) is 6.18. The predicted molar refractivity (Wildman–Crippen MR) is 122 cm³/mol. The molecule has 3 aromatic rings. The number of benzene rings is 2. The molecule has 0 aliphatic carbocycles. The number of carbonyl (C=O) groups excluding carboxylic acids is 1. The van der Waals surface area contributed by atoms with E-state index in [1.807, 2.05) is 0 Å². The zero-order valence-electron chi connectivity index (χ0n) is 18.2. The van der Waals surface area contributed by atoms with Crippen molar-refractivity contribution < 1.29 is 31.6 Å². The van der Waals surface area contributed by atoms with E-state index >= 15 is 0 Å². The standard InChI is InChI=1S/C21H23N3O7S2/c1-4-31-20(25)14-23(3)33(29,30)19-7-5-6-16-12-17(13-22-26)24(21(16)19)32(27,28)18-10-8-15(2)9-11-18/h5-13,26H,4,14H2,1-3H3/b22-13-. The maximum absolute atomic E-state index is 13.6. The maximum Gasteiger partial charge on any atom is 0.321 e. The number of oxime groups is 1. The maximum atomic E-state index is 13.6. The van der Waals surface area contributed by atoms with E-state index in [-0.39, 0.29) is 33.0 Å². The van der Waals surface area contributed by atoms with Gasteiger partial charge in [0, 0.05) is 12.4 Å². The molecule has 0 fully saturated rings. The number of hydrogen-bond acceptors (Lipinski definition) is 8. The van der Waals surface area contributed by atoms with Gasteiger partial charge in [-0.25, -0.2) is 20.8 Å². The van der Waals surface area contributed by atoms with Crippen LogP contribution in [-0.2, 0) is 29.6 Å². The van der Waals surface area contributed by atoms with Gasteiger partial charge >= 0.3 is 5.97 Å². The van der Waals surface area contributed by atoms with Crippen molar-refractivity contribution in [3.8, 4) is 0 Å². The predicted octanol–water partition coefficient (Wildman–Crippen LogP) is 2.18. The fraction of sp³-hybridized carbons (Fsp3) is 0.238. The van der Waals surface area contributed by atoms with Crippen LogP contribution in [0.25, 0.3) is 10.9 Å². The number of aryl methyl sites for hydroxylation is 1. The van der Waals surface area contributed by atoms with Crippen LogP contribution in [-0.4, -0.2) is 62.7 Å². The minimum Gasteiger partial charge on any atom is -0.465 e. The molecule has 176 valence electrons. The Morgan fingerprint density at radius 3 is 2.42 bits per heavy atom. The third-order valence-electron chi connectivity index (χ3n) is 4.87. The Balaban J connectivity index is 2.30. The molecule has 0 unspecified atom stereocenters. The molecule has 0 saturated heterocycles. The third kappa shape index (κ3) is 4.63. The van der Waals surface area contributed by atoms with Gasteiger partial charge in [-0.05, 0) is 38.1 Å². The van der Waals surface area contributed by atoms with E-state index in [2.05, 4.69) is 5.16 Å². The van der Waals surface area contributed by atoms with Crippen molar-refractivity contribution in [2.45, 2.75) is 23.6 Å². The number of likely N-dealkylation sites (N-methyl/N-ethyl adjacent to an activating group) is 1. The fourth-order valence-electron chi connectivity index (χ4n) is 3.29. The monoisotopic (exact) mass is 493 g/mol. The zero-order valence-corrected chi connectivity index (χ0v) is 19.8. The van der Waals surface area contributed by atoms with Crippen LogP contribution in [0.3, 0.4) is 0 Å². The number of carbonyl (C=O) groups is 1. The number of ether oxygens (including phenoxy) is 1. The van der Waals surface area contributed by atoms with Crippen molar-refractivity contribution in [1.82, 2.24) is 8.28 Å². The summed E-state index contributed by atoms with van der Waals surface area (Å²) in [5.74, 6) is -0.744. The number of hydrogen-bond donors (Lipinski definition) is 1. The first-order valence-electron chi connectivity index (χ1n) is 9.80. The first-order valence-corrected chi connectivity index (χ1v) is 12.7. The minimum atomic E-state index is -4.31. The van der Waals surface area contributed by atoms with Crippen LogP contribution in [0.15, 0.2) is 63.5 Å². The molecule has 1 heterocycles. The number of sulfonamides is 1. The van der Waals surface area contributed by atoms with E-state index in [0.29, 0.717) is 0 Å². The summed E-state index contributed by atoms with van der Waals surface area (Å²) < 4.78 is 60.2. The molecule has 0 atom stereocenters. The van der Waals surface area contributed by atoms with Gasteiger partial charge in [-0.15, -0.1) is 0 Å². The first kappa shape index (κ1) is 24.4. The summed E-state index contributed by atoms with van der Waals surface area (Å²) in [5, 5.41) is 12.3. The SMILES string of the molecule is CCOC(=O)CN(C)S(=O)(=O)c1cccc2cc(/C=N\O)n(S(=O)(=O)c3ccc(C)cc3)c12. The largest absolute Gasteiger partial charge is 0.465 e. The van der Waals surface area contributed by atoms with Crippen molar-refractivity contribution >= 4 is 43.1 Å². The summed E-state index contributed by atoms with van der Waals surface area (Å²) in [7, 11) is -7.41. The molecule has 0 saturated carbocycles. The Morgan fingerprint density at radius 1 is 1.15 bits per heavy atom. The molecule has 0 radical (unpaired) electrons. The Hall–Kier alpha value is -3.22. The summed E-state index contributed by atoms with van der Waals surface area (Å²) in [6.45, 7) is 2.93. The Morgan fingerprint density at radius 2 is 1.82 bits per heavy atom. The Bertz CT molecular complexity index is 1420. The average Bonchev–Trinajstić information content (AvgIpc) is 3.13. The highest BCUT2D eigenvalue weighted by molar-refractivity contribution is 7.90. The molecule has 0 aliphatic heterocycles. The molecule has 10 nitrogen and oxygen atoms in total. The number of para-hydroxylation sites is 1. The molecule has 12 heteroatoms. The van der Waals surface area contributed by atoms with Gasteiger partial charge in [-0.2, -0.15) is 4.31 Å².